The Morgan fingerprint density at radius 1 is 0.786 bits per heavy atom. The van der Waals surface area contributed by atoms with Crippen molar-refractivity contribution < 1.29 is 9.59 Å². The molecule has 0 N–H and O–H groups in total. The number of halogens is 3. The van der Waals surface area contributed by atoms with Gasteiger partial charge in [-0.15, -0.1) is 0 Å². The van der Waals surface area contributed by atoms with Crippen molar-refractivity contribution >= 4 is 57.9 Å². The topological polar surface area (TPSA) is 40.6 Å². The fraction of sp³-hybridized carbons (Fsp3) is 0.238. The van der Waals surface area contributed by atoms with Gasteiger partial charge in [-0.1, -0.05) is 53.0 Å². The van der Waals surface area contributed by atoms with Crippen molar-refractivity contribution in [2.75, 3.05) is 18.0 Å². The molecule has 0 saturated carbocycles. The summed E-state index contributed by atoms with van der Waals surface area (Å²) in [6, 6.07) is 11.9. The van der Waals surface area contributed by atoms with Crippen LogP contribution >= 0.6 is 34.8 Å². The van der Waals surface area contributed by atoms with Crippen molar-refractivity contribution in [3.05, 3.63) is 68.8 Å². The van der Waals surface area contributed by atoms with E-state index < -0.39 is 5.91 Å². The maximum Gasteiger partial charge on any atom is 0.282 e. The zero-order valence-electron chi connectivity index (χ0n) is 14.9. The van der Waals surface area contributed by atoms with E-state index in [1.807, 2.05) is 4.90 Å². The van der Waals surface area contributed by atoms with Crippen molar-refractivity contribution in [2.45, 2.75) is 19.3 Å². The maximum absolute atomic E-state index is 13.4. The third-order valence-corrected chi connectivity index (χ3v) is 6.10. The number of carbonyl (C=O) groups is 2. The Morgan fingerprint density at radius 2 is 1.46 bits per heavy atom. The lowest BCUT2D eigenvalue weighted by atomic mass is 10.0. The molecule has 2 aliphatic heterocycles. The van der Waals surface area contributed by atoms with E-state index in [1.165, 1.54) is 0 Å². The summed E-state index contributed by atoms with van der Waals surface area (Å²) in [5, 5.41) is 1.04. The molecule has 4 rings (SSSR count). The maximum atomic E-state index is 13.4. The minimum Gasteiger partial charge on any atom is -0.366 e. The molecule has 0 aromatic heterocycles. The van der Waals surface area contributed by atoms with E-state index in [0.717, 1.165) is 37.3 Å². The lowest BCUT2D eigenvalue weighted by molar-refractivity contribution is -0.120. The summed E-state index contributed by atoms with van der Waals surface area (Å²) in [4.78, 5) is 29.9. The highest BCUT2D eigenvalue weighted by molar-refractivity contribution is 6.49. The van der Waals surface area contributed by atoms with Gasteiger partial charge in [-0.25, -0.2) is 4.90 Å². The van der Waals surface area contributed by atoms with Crippen LogP contribution in [0.1, 0.15) is 24.8 Å². The van der Waals surface area contributed by atoms with Gasteiger partial charge in [0.05, 0.1) is 21.3 Å². The number of hydrogen-bond acceptors (Lipinski definition) is 3. The number of nitrogens with zero attached hydrogens (tertiary/aromatic N) is 2. The number of anilines is 1. The van der Waals surface area contributed by atoms with Crippen molar-refractivity contribution in [1.82, 2.24) is 4.90 Å². The van der Waals surface area contributed by atoms with E-state index in [2.05, 4.69) is 0 Å². The molecule has 28 heavy (non-hydrogen) atoms. The lowest BCUT2D eigenvalue weighted by Gasteiger charge is -2.29. The van der Waals surface area contributed by atoms with Gasteiger partial charge in [0.2, 0.25) is 0 Å². The Morgan fingerprint density at radius 3 is 2.14 bits per heavy atom. The van der Waals surface area contributed by atoms with Crippen LogP contribution in [-0.4, -0.2) is 29.8 Å². The van der Waals surface area contributed by atoms with Crippen molar-refractivity contribution in [1.29, 1.82) is 0 Å². The van der Waals surface area contributed by atoms with Gasteiger partial charge in [-0.05, 0) is 49.1 Å². The highest BCUT2D eigenvalue weighted by Crippen LogP contribution is 2.40. The molecule has 2 heterocycles. The second-order valence-corrected chi connectivity index (χ2v) is 8.02. The van der Waals surface area contributed by atoms with Crippen LogP contribution < -0.4 is 4.90 Å². The molecular weight excluding hydrogens is 419 g/mol. The average Bonchev–Trinajstić information content (AvgIpc) is 2.96. The number of piperidine rings is 1. The molecule has 2 aliphatic rings. The standard InChI is InChI=1S/C21H17Cl3N2O2/c22-14-9-7-13(8-10-14)17-19(25-11-2-1-3-12-25)21(28)26(20(17)27)16-6-4-5-15(23)18(16)24/h4-10H,1-3,11-12H2. The quantitative estimate of drug-likeness (QED) is 0.605. The summed E-state index contributed by atoms with van der Waals surface area (Å²) in [6.45, 7) is 1.48. The minimum atomic E-state index is -0.405. The predicted molar refractivity (Wildman–Crippen MR) is 113 cm³/mol. The van der Waals surface area contributed by atoms with E-state index in [-0.39, 0.29) is 10.9 Å². The van der Waals surface area contributed by atoms with E-state index >= 15 is 0 Å². The number of amides is 2. The largest absolute Gasteiger partial charge is 0.366 e. The predicted octanol–water partition coefficient (Wildman–Crippen LogP) is 5.42. The van der Waals surface area contributed by atoms with Gasteiger partial charge in [-0.3, -0.25) is 9.59 Å². The van der Waals surface area contributed by atoms with Crippen LogP contribution in [0.4, 0.5) is 5.69 Å². The molecular formula is C21H17Cl3N2O2. The first-order chi connectivity index (χ1) is 13.5. The second kappa shape index (κ2) is 7.78. The molecule has 0 radical (unpaired) electrons. The molecule has 2 aromatic carbocycles. The molecule has 1 fully saturated rings. The van der Waals surface area contributed by atoms with Gasteiger partial charge in [0, 0.05) is 18.1 Å². The zero-order valence-corrected chi connectivity index (χ0v) is 17.2. The van der Waals surface area contributed by atoms with Gasteiger partial charge < -0.3 is 4.90 Å². The summed E-state index contributed by atoms with van der Waals surface area (Å²) in [6.07, 6.45) is 3.08. The van der Waals surface area contributed by atoms with E-state index in [4.69, 9.17) is 34.8 Å². The SMILES string of the molecule is O=C1C(c2ccc(Cl)cc2)=C(N2CCCCC2)C(=O)N1c1cccc(Cl)c1Cl. The first kappa shape index (κ1) is 19.3. The number of carbonyl (C=O) groups excluding carboxylic acids is 2. The van der Waals surface area contributed by atoms with Crippen LogP contribution in [-0.2, 0) is 9.59 Å². The molecule has 0 bridgehead atoms. The minimum absolute atomic E-state index is 0.182. The van der Waals surface area contributed by atoms with Crippen molar-refractivity contribution in [3.63, 3.8) is 0 Å². The third kappa shape index (κ3) is 3.30. The highest BCUT2D eigenvalue weighted by Gasteiger charge is 2.43. The Hall–Kier alpha value is -2.01. The molecule has 7 heteroatoms. The molecule has 2 amide bonds. The summed E-state index contributed by atoms with van der Waals surface area (Å²) in [7, 11) is 0. The Balaban J connectivity index is 1.85. The fourth-order valence-electron chi connectivity index (χ4n) is 3.69. The molecule has 2 aromatic rings. The van der Waals surface area contributed by atoms with Crippen LogP contribution in [0.15, 0.2) is 48.2 Å². The van der Waals surface area contributed by atoms with Crippen LogP contribution in [0.2, 0.25) is 15.1 Å². The van der Waals surface area contributed by atoms with E-state index in [0.29, 0.717) is 32.6 Å². The lowest BCUT2D eigenvalue weighted by Crippen LogP contribution is -2.37. The molecule has 0 unspecified atom stereocenters. The number of hydrogen-bond donors (Lipinski definition) is 0. The normalized spacial score (nSPS) is 17.7. The van der Waals surface area contributed by atoms with Gasteiger partial charge in [0.1, 0.15) is 5.70 Å². The summed E-state index contributed by atoms with van der Waals surface area (Å²) in [5.74, 6) is -0.780. The van der Waals surface area contributed by atoms with Gasteiger partial charge in [0.15, 0.2) is 0 Å². The first-order valence-corrected chi connectivity index (χ1v) is 10.2. The molecule has 0 aliphatic carbocycles. The zero-order chi connectivity index (χ0) is 19.8. The molecule has 4 nitrogen and oxygen atoms in total. The number of likely N-dealkylation sites (tertiary alicyclic amines) is 1. The van der Waals surface area contributed by atoms with Gasteiger partial charge in [-0.2, -0.15) is 0 Å². The third-order valence-electron chi connectivity index (χ3n) is 5.04. The fourth-order valence-corrected chi connectivity index (χ4v) is 4.20. The summed E-state index contributed by atoms with van der Waals surface area (Å²) in [5.41, 5.74) is 1.74. The van der Waals surface area contributed by atoms with Crippen LogP contribution in [0.3, 0.4) is 0 Å². The molecule has 1 saturated heterocycles. The Kier molecular flexibility index (Phi) is 5.37. The summed E-state index contributed by atoms with van der Waals surface area (Å²) < 4.78 is 0. The monoisotopic (exact) mass is 434 g/mol. The van der Waals surface area contributed by atoms with E-state index in [1.54, 1.807) is 42.5 Å². The number of benzene rings is 2. The Bertz CT molecular complexity index is 980. The van der Waals surface area contributed by atoms with Gasteiger partial charge >= 0.3 is 0 Å². The van der Waals surface area contributed by atoms with Crippen LogP contribution in [0.25, 0.3) is 5.57 Å². The van der Waals surface area contributed by atoms with Gasteiger partial charge in [0.25, 0.3) is 11.8 Å². The second-order valence-electron chi connectivity index (χ2n) is 6.80. The molecule has 144 valence electrons. The average molecular weight is 436 g/mol. The number of imide groups is 1. The van der Waals surface area contributed by atoms with Crippen LogP contribution in [0, 0.1) is 0 Å². The first-order valence-electron chi connectivity index (χ1n) is 9.07. The number of rotatable bonds is 3. The van der Waals surface area contributed by atoms with E-state index in [9.17, 15) is 9.59 Å². The van der Waals surface area contributed by atoms with Crippen molar-refractivity contribution in [3.8, 4) is 0 Å². The molecule has 0 spiro atoms. The highest BCUT2D eigenvalue weighted by atomic mass is 35.5. The Labute approximate surface area is 178 Å². The molecule has 0 atom stereocenters. The smallest absolute Gasteiger partial charge is 0.282 e. The van der Waals surface area contributed by atoms with Crippen molar-refractivity contribution in [2.24, 2.45) is 0 Å². The van der Waals surface area contributed by atoms with Crippen LogP contribution in [0.5, 0.6) is 0 Å². The summed E-state index contributed by atoms with van der Waals surface area (Å²) >= 11 is 18.5.